The molecule has 2 aromatic carbocycles. The summed E-state index contributed by atoms with van der Waals surface area (Å²) < 4.78 is 13.4. The molecule has 0 atom stereocenters. The van der Waals surface area contributed by atoms with Gasteiger partial charge in [-0.15, -0.1) is 0 Å². The van der Waals surface area contributed by atoms with Crippen molar-refractivity contribution in [2.75, 3.05) is 0 Å². The number of hydrogen-bond donors (Lipinski definition) is 1. The topological polar surface area (TPSA) is 29.1 Å². The smallest absolute Gasteiger partial charge is 1.00 e. The SMILES string of the molecule is C=C1c2ccccc2C2=C(c3ccccc31)C(C)(C)C([Si](=O)NC(C)(C)C)=C2.[Cl-].[Cl-].[Ti+2]. The molecule has 0 aliphatic heterocycles. The Morgan fingerprint density at radius 2 is 1.32 bits per heavy atom. The van der Waals surface area contributed by atoms with Crippen LogP contribution in [-0.2, 0) is 26.2 Å². The number of benzene rings is 2. The third-order valence-corrected chi connectivity index (χ3v) is 7.89. The molecular formula is C25H27Cl2NOSiTi. The number of rotatable bonds is 2. The van der Waals surface area contributed by atoms with Crippen LogP contribution in [0, 0.1) is 5.41 Å². The Morgan fingerprint density at radius 3 is 1.84 bits per heavy atom. The monoisotopic (exact) mass is 503 g/mol. The van der Waals surface area contributed by atoms with Crippen LogP contribution in [0.2, 0.25) is 0 Å². The van der Waals surface area contributed by atoms with E-state index in [4.69, 9.17) is 0 Å². The zero-order valence-electron chi connectivity index (χ0n) is 18.6. The fourth-order valence-electron chi connectivity index (χ4n) is 4.41. The van der Waals surface area contributed by atoms with Crippen molar-refractivity contribution in [3.8, 4) is 0 Å². The normalized spacial score (nSPS) is 15.6. The summed E-state index contributed by atoms with van der Waals surface area (Å²) >= 11 is 0. The van der Waals surface area contributed by atoms with Gasteiger partial charge in [-0.05, 0) is 65.8 Å². The molecule has 2 aliphatic rings. The number of nitrogens with one attached hydrogen (secondary N) is 1. The molecule has 6 heteroatoms. The first-order chi connectivity index (χ1) is 13.1. The summed E-state index contributed by atoms with van der Waals surface area (Å²) in [7, 11) is -2.12. The summed E-state index contributed by atoms with van der Waals surface area (Å²) in [5, 5.41) is 0.995. The number of halogens is 2. The Morgan fingerprint density at radius 1 is 0.871 bits per heavy atom. The average Bonchev–Trinajstić information content (AvgIpc) is 2.84. The largest absolute Gasteiger partial charge is 2.00 e. The van der Waals surface area contributed by atoms with Crippen LogP contribution in [0.1, 0.15) is 56.9 Å². The number of hydrogen-bond acceptors (Lipinski definition) is 1. The third kappa shape index (κ3) is 4.77. The standard InChI is InChI=1S/C25H27NOSi.2ClH.Ti/c1-16-17-11-7-9-13-19(17)21-15-22(28(27)26-24(2,3)4)25(5,6)23(21)20-14-10-8-12-18(16)20;;;/h7-15,26H,1H2,2-6H3;2*1H;/q;;;+2/p-2. The van der Waals surface area contributed by atoms with Crippen molar-refractivity contribution >= 4 is 25.6 Å². The van der Waals surface area contributed by atoms with Gasteiger partial charge < -0.3 is 34.3 Å². The van der Waals surface area contributed by atoms with E-state index in [1.165, 1.54) is 22.3 Å². The van der Waals surface area contributed by atoms with Crippen LogP contribution in [0.15, 0.2) is 66.4 Å². The quantitative estimate of drug-likeness (QED) is 0.574. The van der Waals surface area contributed by atoms with Gasteiger partial charge in [0.25, 0.3) is 0 Å². The van der Waals surface area contributed by atoms with Crippen molar-refractivity contribution in [1.29, 1.82) is 0 Å². The van der Waals surface area contributed by atoms with Gasteiger partial charge in [0.2, 0.25) is 0 Å². The second-order valence-electron chi connectivity index (χ2n) is 9.25. The Bertz CT molecular complexity index is 1100. The fraction of sp³-hybridized carbons (Fsp3) is 0.280. The molecule has 2 nitrogen and oxygen atoms in total. The Labute approximate surface area is 214 Å². The second-order valence-corrected chi connectivity index (χ2v) is 10.7. The minimum absolute atomic E-state index is 0. The first-order valence-electron chi connectivity index (χ1n) is 9.79. The number of fused-ring (bicyclic) bond motifs is 4. The molecule has 0 aromatic heterocycles. The van der Waals surface area contributed by atoms with E-state index >= 15 is 0 Å². The maximum atomic E-state index is 13.4. The van der Waals surface area contributed by atoms with Gasteiger partial charge in [-0.1, -0.05) is 69.0 Å². The molecule has 0 bridgehead atoms. The van der Waals surface area contributed by atoms with E-state index in [-0.39, 0.29) is 57.5 Å². The van der Waals surface area contributed by atoms with Gasteiger partial charge in [-0.2, -0.15) is 0 Å². The van der Waals surface area contributed by atoms with Gasteiger partial charge in [0.1, 0.15) is 0 Å². The second kappa shape index (κ2) is 9.72. The molecule has 2 aromatic rings. The first kappa shape index (κ1) is 27.8. The summed E-state index contributed by atoms with van der Waals surface area (Å²) in [5.41, 5.74) is 7.63. The molecule has 160 valence electrons. The van der Waals surface area contributed by atoms with Crippen LogP contribution in [-0.4, -0.2) is 14.4 Å². The van der Waals surface area contributed by atoms with E-state index in [0.717, 1.165) is 21.9 Å². The van der Waals surface area contributed by atoms with E-state index in [9.17, 15) is 4.46 Å². The van der Waals surface area contributed by atoms with Gasteiger partial charge in [0.15, 0.2) is 0 Å². The minimum atomic E-state index is -2.12. The van der Waals surface area contributed by atoms with Crippen molar-refractivity contribution in [3.63, 3.8) is 0 Å². The van der Waals surface area contributed by atoms with Crippen molar-refractivity contribution < 1.29 is 51.0 Å². The summed E-state index contributed by atoms with van der Waals surface area (Å²) in [5.74, 6) is 0. The molecule has 0 radical (unpaired) electrons. The molecule has 0 saturated heterocycles. The van der Waals surface area contributed by atoms with Gasteiger partial charge in [-0.25, -0.2) is 0 Å². The molecule has 2 aliphatic carbocycles. The summed E-state index contributed by atoms with van der Waals surface area (Å²) in [6.07, 6.45) is 2.17. The van der Waals surface area contributed by atoms with Gasteiger partial charge in [0.05, 0.1) is 0 Å². The van der Waals surface area contributed by atoms with Crippen molar-refractivity contribution in [3.05, 3.63) is 88.6 Å². The molecule has 0 unspecified atom stereocenters. The van der Waals surface area contributed by atoms with E-state index in [0.29, 0.717) is 0 Å². The van der Waals surface area contributed by atoms with Crippen LogP contribution < -0.4 is 29.8 Å². The van der Waals surface area contributed by atoms with Crippen molar-refractivity contribution in [2.24, 2.45) is 5.41 Å². The van der Waals surface area contributed by atoms with E-state index in [1.807, 2.05) is 0 Å². The first-order valence-corrected chi connectivity index (χ1v) is 11.2. The zero-order valence-corrected chi connectivity index (χ0v) is 22.6. The Balaban J connectivity index is 0.00000160. The minimum Gasteiger partial charge on any atom is -1.00 e. The zero-order chi connectivity index (χ0) is 20.3. The molecule has 0 saturated carbocycles. The predicted octanol–water partition coefficient (Wildman–Crippen LogP) is -0.210. The van der Waals surface area contributed by atoms with E-state index < -0.39 is 8.84 Å². The molecule has 0 fully saturated rings. The molecular weight excluding hydrogens is 477 g/mol. The molecule has 31 heavy (non-hydrogen) atoms. The Hall–Kier alpha value is -1.23. The fourth-order valence-corrected chi connectivity index (χ4v) is 6.19. The molecule has 0 amide bonds. The van der Waals surface area contributed by atoms with E-state index in [1.54, 1.807) is 0 Å². The molecule has 4 rings (SSSR count). The van der Waals surface area contributed by atoms with Crippen LogP contribution in [0.5, 0.6) is 0 Å². The van der Waals surface area contributed by atoms with Crippen LogP contribution in [0.4, 0.5) is 0 Å². The summed E-state index contributed by atoms with van der Waals surface area (Å²) in [4.78, 5) is 3.33. The van der Waals surface area contributed by atoms with Gasteiger partial charge in [-0.3, -0.25) is 0 Å². The predicted molar refractivity (Wildman–Crippen MR) is 119 cm³/mol. The maximum Gasteiger partial charge on any atom is 2.00 e. The molecule has 1 N–H and O–H groups in total. The third-order valence-electron chi connectivity index (χ3n) is 5.65. The maximum absolute atomic E-state index is 13.4. The van der Waals surface area contributed by atoms with Gasteiger partial charge >= 0.3 is 30.6 Å². The number of allylic oxidation sites excluding steroid dienone is 4. The summed E-state index contributed by atoms with van der Waals surface area (Å²) in [6, 6.07) is 16.9. The molecule has 0 heterocycles. The van der Waals surface area contributed by atoms with Gasteiger partial charge in [0, 0.05) is 16.2 Å². The van der Waals surface area contributed by atoms with Crippen molar-refractivity contribution in [2.45, 2.75) is 40.2 Å². The van der Waals surface area contributed by atoms with Crippen molar-refractivity contribution in [1.82, 2.24) is 4.98 Å². The van der Waals surface area contributed by atoms with Crippen LogP contribution >= 0.6 is 0 Å². The molecule has 0 spiro atoms. The summed E-state index contributed by atoms with van der Waals surface area (Å²) in [6.45, 7) is 15.0. The van der Waals surface area contributed by atoms with Crippen LogP contribution in [0.25, 0.3) is 16.7 Å². The average molecular weight is 504 g/mol. The Kier molecular flexibility index (Phi) is 8.72. The van der Waals surface area contributed by atoms with E-state index in [2.05, 4.69) is 101 Å². The van der Waals surface area contributed by atoms with Crippen LogP contribution in [0.3, 0.4) is 0 Å².